The van der Waals surface area contributed by atoms with Crippen molar-refractivity contribution in [3.05, 3.63) is 0 Å². The normalized spacial score (nSPS) is 14.6. The molecule has 0 aromatic carbocycles. The van der Waals surface area contributed by atoms with Gasteiger partial charge < -0.3 is 4.74 Å². The maximum atomic E-state index is 11.2. The second-order valence-electron chi connectivity index (χ2n) is 1.62. The highest BCUT2D eigenvalue weighted by atomic mass is 19.3. The average Bonchev–Trinajstić information content (AvgIpc) is 1.65. The molecule has 50 valence electrons. The maximum absolute atomic E-state index is 11.2. The fourth-order valence-corrected chi connectivity index (χ4v) is 0.272. The number of hydrogen-bond acceptors (Lipinski definition) is 1. The van der Waals surface area contributed by atoms with Gasteiger partial charge in [-0.3, -0.25) is 0 Å². The Morgan fingerprint density at radius 2 is 2.00 bits per heavy atom. The molecule has 0 aliphatic heterocycles. The molecule has 0 bridgehead atoms. The van der Waals surface area contributed by atoms with Crippen molar-refractivity contribution in [1.29, 1.82) is 0 Å². The highest BCUT2D eigenvalue weighted by molar-refractivity contribution is 4.41. The Labute approximate surface area is 47.6 Å². The standard InChI is InChI=1S/C5H10F2O/c1-3-4(2)8-5(6)7/h4-5H,3H2,1-2H3/t4-/m1/s1. The van der Waals surface area contributed by atoms with Crippen LogP contribution in [0.4, 0.5) is 8.78 Å². The van der Waals surface area contributed by atoms with E-state index in [1.807, 2.05) is 0 Å². The van der Waals surface area contributed by atoms with Crippen LogP contribution in [0.5, 0.6) is 0 Å². The van der Waals surface area contributed by atoms with Gasteiger partial charge in [0.1, 0.15) is 0 Å². The van der Waals surface area contributed by atoms with Crippen LogP contribution in [0.15, 0.2) is 0 Å². The summed E-state index contributed by atoms with van der Waals surface area (Å²) in [6.45, 7) is 0.795. The van der Waals surface area contributed by atoms with Gasteiger partial charge in [-0.15, -0.1) is 0 Å². The zero-order valence-corrected chi connectivity index (χ0v) is 5.03. The van der Waals surface area contributed by atoms with Crippen LogP contribution in [-0.2, 0) is 4.74 Å². The SMILES string of the molecule is CC[C@@H](C)OC(F)F. The molecule has 0 aliphatic rings. The predicted molar refractivity (Wildman–Crippen MR) is 26.8 cm³/mol. The van der Waals surface area contributed by atoms with Gasteiger partial charge in [0.05, 0.1) is 6.10 Å². The Morgan fingerprint density at radius 1 is 1.50 bits per heavy atom. The first-order valence-electron chi connectivity index (χ1n) is 2.60. The van der Waals surface area contributed by atoms with Gasteiger partial charge in [-0.1, -0.05) is 6.92 Å². The van der Waals surface area contributed by atoms with E-state index < -0.39 is 6.61 Å². The zero-order valence-electron chi connectivity index (χ0n) is 5.03. The van der Waals surface area contributed by atoms with Gasteiger partial charge in [0, 0.05) is 0 Å². The summed E-state index contributed by atoms with van der Waals surface area (Å²) in [5.41, 5.74) is 0. The van der Waals surface area contributed by atoms with E-state index in [-0.39, 0.29) is 6.10 Å². The fourth-order valence-electron chi connectivity index (χ4n) is 0.272. The summed E-state index contributed by atoms with van der Waals surface area (Å²) in [6, 6.07) is 0. The molecule has 0 N–H and O–H groups in total. The van der Waals surface area contributed by atoms with E-state index in [9.17, 15) is 8.78 Å². The van der Waals surface area contributed by atoms with Crippen molar-refractivity contribution >= 4 is 0 Å². The molecular weight excluding hydrogens is 114 g/mol. The van der Waals surface area contributed by atoms with Crippen LogP contribution in [0.2, 0.25) is 0 Å². The Balaban J connectivity index is 3.10. The highest BCUT2D eigenvalue weighted by Crippen LogP contribution is 2.02. The van der Waals surface area contributed by atoms with E-state index in [0.29, 0.717) is 6.42 Å². The molecule has 0 radical (unpaired) electrons. The Kier molecular flexibility index (Phi) is 3.69. The number of alkyl halides is 2. The third-order valence-corrected chi connectivity index (χ3v) is 0.910. The molecule has 1 atom stereocenters. The quantitative estimate of drug-likeness (QED) is 0.559. The van der Waals surface area contributed by atoms with Crippen LogP contribution in [0.3, 0.4) is 0 Å². The minimum Gasteiger partial charge on any atom is -0.320 e. The van der Waals surface area contributed by atoms with E-state index in [4.69, 9.17) is 0 Å². The molecule has 0 rings (SSSR count). The van der Waals surface area contributed by atoms with Crippen molar-refractivity contribution < 1.29 is 13.5 Å². The van der Waals surface area contributed by atoms with Gasteiger partial charge in [0.15, 0.2) is 0 Å². The molecule has 1 nitrogen and oxygen atoms in total. The van der Waals surface area contributed by atoms with Crippen LogP contribution in [0, 0.1) is 0 Å². The average molecular weight is 124 g/mol. The van der Waals surface area contributed by atoms with Crippen LogP contribution in [-0.4, -0.2) is 12.7 Å². The molecule has 0 aromatic heterocycles. The van der Waals surface area contributed by atoms with E-state index in [0.717, 1.165) is 0 Å². The lowest BCUT2D eigenvalue weighted by Gasteiger charge is -2.07. The summed E-state index contributed by atoms with van der Waals surface area (Å²) < 4.78 is 26.6. The summed E-state index contributed by atoms with van der Waals surface area (Å²) in [4.78, 5) is 0. The van der Waals surface area contributed by atoms with Gasteiger partial charge in [-0.2, -0.15) is 8.78 Å². The lowest BCUT2D eigenvalue weighted by Crippen LogP contribution is -2.10. The lowest BCUT2D eigenvalue weighted by molar-refractivity contribution is -0.158. The largest absolute Gasteiger partial charge is 0.345 e. The number of ether oxygens (including phenoxy) is 1. The molecule has 0 saturated heterocycles. The maximum Gasteiger partial charge on any atom is 0.345 e. The van der Waals surface area contributed by atoms with E-state index in [1.54, 1.807) is 13.8 Å². The second-order valence-corrected chi connectivity index (χ2v) is 1.62. The lowest BCUT2D eigenvalue weighted by atomic mass is 10.3. The summed E-state index contributed by atoms with van der Waals surface area (Å²) in [7, 11) is 0. The molecule has 8 heavy (non-hydrogen) atoms. The molecule has 0 unspecified atom stereocenters. The van der Waals surface area contributed by atoms with E-state index >= 15 is 0 Å². The van der Waals surface area contributed by atoms with Crippen molar-refractivity contribution in [3.8, 4) is 0 Å². The van der Waals surface area contributed by atoms with E-state index in [2.05, 4.69) is 4.74 Å². The second kappa shape index (κ2) is 3.78. The first-order valence-corrected chi connectivity index (χ1v) is 2.60. The topological polar surface area (TPSA) is 9.23 Å². The molecule has 0 heterocycles. The number of hydrogen-bond donors (Lipinski definition) is 0. The summed E-state index contributed by atoms with van der Waals surface area (Å²) in [6.07, 6.45) is 0.305. The van der Waals surface area contributed by atoms with Crippen LogP contribution in [0.1, 0.15) is 20.3 Å². The minimum absolute atomic E-state index is 0.324. The smallest absolute Gasteiger partial charge is 0.320 e. The molecule has 3 heteroatoms. The fraction of sp³-hybridized carbons (Fsp3) is 1.00. The number of rotatable bonds is 3. The van der Waals surface area contributed by atoms with Crippen molar-refractivity contribution in [1.82, 2.24) is 0 Å². The Hall–Kier alpha value is -0.180. The van der Waals surface area contributed by atoms with Gasteiger partial charge in [-0.05, 0) is 13.3 Å². The van der Waals surface area contributed by atoms with Crippen molar-refractivity contribution in [2.24, 2.45) is 0 Å². The van der Waals surface area contributed by atoms with Crippen molar-refractivity contribution in [2.45, 2.75) is 33.0 Å². The highest BCUT2D eigenvalue weighted by Gasteiger charge is 2.05. The third-order valence-electron chi connectivity index (χ3n) is 0.910. The monoisotopic (exact) mass is 124 g/mol. The zero-order chi connectivity index (χ0) is 6.57. The molecule has 0 amide bonds. The van der Waals surface area contributed by atoms with Crippen molar-refractivity contribution in [2.75, 3.05) is 0 Å². The van der Waals surface area contributed by atoms with Gasteiger partial charge in [-0.25, -0.2) is 0 Å². The number of halogens is 2. The van der Waals surface area contributed by atoms with Crippen LogP contribution < -0.4 is 0 Å². The molecule has 0 spiro atoms. The summed E-state index contributed by atoms with van der Waals surface area (Å²) in [5.74, 6) is 0. The van der Waals surface area contributed by atoms with Crippen LogP contribution in [0.25, 0.3) is 0 Å². The molecule has 0 fully saturated rings. The molecule has 0 aromatic rings. The predicted octanol–water partition coefficient (Wildman–Crippen LogP) is 2.02. The van der Waals surface area contributed by atoms with Gasteiger partial charge in [0.2, 0.25) is 0 Å². The van der Waals surface area contributed by atoms with Gasteiger partial charge >= 0.3 is 6.61 Å². The molecule has 0 saturated carbocycles. The Morgan fingerprint density at radius 3 is 2.12 bits per heavy atom. The summed E-state index contributed by atoms with van der Waals surface area (Å²) >= 11 is 0. The first-order chi connectivity index (χ1) is 3.66. The minimum atomic E-state index is -2.62. The first kappa shape index (κ1) is 7.82. The summed E-state index contributed by atoms with van der Waals surface area (Å²) in [5, 5.41) is 0. The van der Waals surface area contributed by atoms with Gasteiger partial charge in [0.25, 0.3) is 0 Å². The molecular formula is C5H10F2O. The third kappa shape index (κ3) is 3.99. The van der Waals surface area contributed by atoms with Crippen LogP contribution >= 0.6 is 0 Å². The molecule has 0 aliphatic carbocycles. The van der Waals surface area contributed by atoms with E-state index in [1.165, 1.54) is 0 Å². The van der Waals surface area contributed by atoms with Crippen molar-refractivity contribution in [3.63, 3.8) is 0 Å². The Bertz CT molecular complexity index is 56.4.